The Morgan fingerprint density at radius 1 is 0.508 bits per heavy atom. The number of ether oxygens (including phenoxy) is 9. The summed E-state index contributed by atoms with van der Waals surface area (Å²) in [5, 5.41) is 24.3. The number of rotatable bonds is 18. The van der Waals surface area contributed by atoms with Gasteiger partial charge in [0.05, 0.1) is 37.6 Å². The lowest BCUT2D eigenvalue weighted by Gasteiger charge is -2.48. The van der Waals surface area contributed by atoms with E-state index in [9.17, 15) is 19.8 Å². The van der Waals surface area contributed by atoms with Crippen molar-refractivity contribution in [2.45, 2.75) is 81.2 Å². The average Bonchev–Trinajstić information content (AvgIpc) is 3.31. The van der Waals surface area contributed by atoms with Crippen LogP contribution < -0.4 is 0 Å². The van der Waals surface area contributed by atoms with Gasteiger partial charge in [-0.25, -0.2) is 9.59 Å². The number of methoxy groups -OCH3 is 1. The van der Waals surface area contributed by atoms with Crippen molar-refractivity contribution >= 4 is 11.9 Å². The van der Waals surface area contributed by atoms with Gasteiger partial charge in [-0.3, -0.25) is 0 Å². The molecule has 2 heterocycles. The van der Waals surface area contributed by atoms with Gasteiger partial charge in [0.1, 0.15) is 49.3 Å². The molecule has 5 aromatic carbocycles. The molecule has 10 atom stereocenters. The van der Waals surface area contributed by atoms with E-state index in [1.54, 1.807) is 60.7 Å². The van der Waals surface area contributed by atoms with E-state index in [1.165, 1.54) is 7.11 Å². The third-order valence-electron chi connectivity index (χ3n) is 10.4. The fourth-order valence-electron chi connectivity index (χ4n) is 7.18. The Hall–Kier alpha value is -5.32. The standard InChI is InChI=1S/C48H50O13/c1-53-48-44(60-46(52)36-25-15-6-16-26-36)39(49)41(38(59-48)31-57-45(51)35-23-13-5-14-24-35)61-47-40(50)43(56-29-34-21-11-4-12-22-34)42(55-28-33-19-9-3-10-20-33)37(58-47)30-54-27-32-17-7-2-8-18-32/h2-26,37-44,47-50H,27-31H2,1H3/t37-,38-,39+,40-,41+,42-,43-,44-,47-,48-/m1/s1. The summed E-state index contributed by atoms with van der Waals surface area (Å²) in [6.07, 6.45) is -12.8. The molecule has 2 saturated heterocycles. The van der Waals surface area contributed by atoms with Gasteiger partial charge in [-0.15, -0.1) is 0 Å². The first-order valence-electron chi connectivity index (χ1n) is 20.1. The molecule has 2 N–H and O–H groups in total. The first kappa shape index (κ1) is 43.8. The van der Waals surface area contributed by atoms with Crippen LogP contribution >= 0.6 is 0 Å². The average molecular weight is 835 g/mol. The molecule has 0 bridgehead atoms. The van der Waals surface area contributed by atoms with E-state index in [1.807, 2.05) is 91.0 Å². The minimum absolute atomic E-state index is 0.00295. The molecule has 0 unspecified atom stereocenters. The quantitative estimate of drug-likeness (QED) is 0.104. The maximum absolute atomic E-state index is 13.3. The molecule has 0 amide bonds. The molecule has 2 aliphatic rings. The van der Waals surface area contributed by atoms with Crippen molar-refractivity contribution in [3.8, 4) is 0 Å². The fraction of sp³-hybridized carbons (Fsp3) is 0.333. The maximum atomic E-state index is 13.3. The SMILES string of the molecule is CO[C@@H]1O[C@H](COC(=O)c2ccccc2)[C@H](O[C@H]2O[C@H](COCc3ccccc3)[C@@H](OCc3ccccc3)[C@H](OCc3ccccc3)[C@H]2O)[C@H](O)[C@H]1OC(=O)c1ccccc1. The van der Waals surface area contributed by atoms with Crippen LogP contribution in [0.15, 0.2) is 152 Å². The molecular weight excluding hydrogens is 785 g/mol. The van der Waals surface area contributed by atoms with Gasteiger partial charge in [-0.2, -0.15) is 0 Å². The topological polar surface area (TPSA) is 158 Å². The Bertz CT molecular complexity index is 2060. The van der Waals surface area contributed by atoms with E-state index in [0.29, 0.717) is 5.56 Å². The maximum Gasteiger partial charge on any atom is 0.338 e. The van der Waals surface area contributed by atoms with Crippen molar-refractivity contribution in [2.75, 3.05) is 20.3 Å². The predicted molar refractivity (Wildman–Crippen MR) is 220 cm³/mol. The Morgan fingerprint density at radius 2 is 0.967 bits per heavy atom. The summed E-state index contributed by atoms with van der Waals surface area (Å²) in [5.41, 5.74) is 3.19. The zero-order valence-corrected chi connectivity index (χ0v) is 33.6. The molecule has 61 heavy (non-hydrogen) atoms. The molecule has 7 rings (SSSR count). The van der Waals surface area contributed by atoms with Crippen molar-refractivity contribution in [3.05, 3.63) is 179 Å². The van der Waals surface area contributed by atoms with Crippen LogP contribution in [-0.4, -0.2) is 104 Å². The van der Waals surface area contributed by atoms with Gasteiger partial charge in [-0.05, 0) is 41.0 Å². The van der Waals surface area contributed by atoms with Crippen LogP contribution in [-0.2, 0) is 62.5 Å². The predicted octanol–water partition coefficient (Wildman–Crippen LogP) is 5.66. The summed E-state index contributed by atoms with van der Waals surface area (Å²) in [7, 11) is 1.33. The van der Waals surface area contributed by atoms with Gasteiger partial charge in [0, 0.05) is 7.11 Å². The number of esters is 2. The molecular formula is C48H50O13. The molecule has 0 spiro atoms. The molecule has 0 aromatic heterocycles. The first-order chi connectivity index (χ1) is 29.9. The lowest BCUT2D eigenvalue weighted by molar-refractivity contribution is -0.363. The number of hydrogen-bond donors (Lipinski definition) is 2. The number of carbonyl (C=O) groups excluding carboxylic acids is 2. The van der Waals surface area contributed by atoms with Crippen LogP contribution in [0, 0.1) is 0 Å². The van der Waals surface area contributed by atoms with Gasteiger partial charge in [0.25, 0.3) is 0 Å². The zero-order valence-electron chi connectivity index (χ0n) is 33.6. The van der Waals surface area contributed by atoms with E-state index in [2.05, 4.69) is 0 Å². The number of benzene rings is 5. The summed E-state index contributed by atoms with van der Waals surface area (Å²) < 4.78 is 55.6. The van der Waals surface area contributed by atoms with Crippen LogP contribution in [0.3, 0.4) is 0 Å². The molecule has 13 nitrogen and oxygen atoms in total. The molecule has 0 saturated carbocycles. The first-order valence-corrected chi connectivity index (χ1v) is 20.1. The van der Waals surface area contributed by atoms with Crippen LogP contribution in [0.2, 0.25) is 0 Å². The Balaban J connectivity index is 1.18. The summed E-state index contributed by atoms with van der Waals surface area (Å²) in [4.78, 5) is 26.5. The monoisotopic (exact) mass is 834 g/mol. The normalized spacial score (nSPS) is 26.3. The summed E-state index contributed by atoms with van der Waals surface area (Å²) in [6.45, 7) is 0.115. The van der Waals surface area contributed by atoms with E-state index >= 15 is 0 Å². The Kier molecular flexibility index (Phi) is 15.8. The van der Waals surface area contributed by atoms with Gasteiger partial charge in [0.2, 0.25) is 0 Å². The van der Waals surface area contributed by atoms with Crippen molar-refractivity contribution in [1.82, 2.24) is 0 Å². The van der Waals surface area contributed by atoms with E-state index in [-0.39, 0.29) is 32.0 Å². The Morgan fingerprint density at radius 3 is 1.51 bits per heavy atom. The van der Waals surface area contributed by atoms with Gasteiger partial charge < -0.3 is 52.8 Å². The minimum atomic E-state index is -1.65. The molecule has 2 aliphatic heterocycles. The van der Waals surface area contributed by atoms with Crippen molar-refractivity contribution in [1.29, 1.82) is 0 Å². The van der Waals surface area contributed by atoms with Crippen molar-refractivity contribution in [2.24, 2.45) is 0 Å². The van der Waals surface area contributed by atoms with Gasteiger partial charge in [-0.1, -0.05) is 127 Å². The van der Waals surface area contributed by atoms with Crippen LogP contribution in [0.4, 0.5) is 0 Å². The fourth-order valence-corrected chi connectivity index (χ4v) is 7.18. The van der Waals surface area contributed by atoms with Crippen molar-refractivity contribution < 1.29 is 62.4 Å². The van der Waals surface area contributed by atoms with Crippen LogP contribution in [0.25, 0.3) is 0 Å². The van der Waals surface area contributed by atoms with Gasteiger partial charge >= 0.3 is 11.9 Å². The van der Waals surface area contributed by atoms with Crippen molar-refractivity contribution in [3.63, 3.8) is 0 Å². The second-order valence-electron chi connectivity index (χ2n) is 14.6. The molecule has 320 valence electrons. The number of aliphatic hydroxyl groups is 2. The highest BCUT2D eigenvalue weighted by molar-refractivity contribution is 5.89. The molecule has 5 aromatic rings. The lowest BCUT2D eigenvalue weighted by atomic mass is 9.96. The lowest BCUT2D eigenvalue weighted by Crippen LogP contribution is -2.66. The van der Waals surface area contributed by atoms with E-state index in [0.717, 1.165) is 16.7 Å². The highest BCUT2D eigenvalue weighted by Crippen LogP contribution is 2.34. The van der Waals surface area contributed by atoms with E-state index < -0.39 is 80.0 Å². The molecule has 0 radical (unpaired) electrons. The largest absolute Gasteiger partial charge is 0.459 e. The van der Waals surface area contributed by atoms with Crippen LogP contribution in [0.1, 0.15) is 37.4 Å². The highest BCUT2D eigenvalue weighted by Gasteiger charge is 2.54. The van der Waals surface area contributed by atoms with Gasteiger partial charge in [0.15, 0.2) is 18.7 Å². The van der Waals surface area contributed by atoms with E-state index in [4.69, 9.17) is 42.6 Å². The summed E-state index contributed by atoms with van der Waals surface area (Å²) in [6, 6.07) is 45.3. The third kappa shape index (κ3) is 11.7. The second-order valence-corrected chi connectivity index (χ2v) is 14.6. The zero-order chi connectivity index (χ0) is 42.4. The minimum Gasteiger partial charge on any atom is -0.459 e. The summed E-state index contributed by atoms with van der Waals surface area (Å²) in [5.74, 6) is -1.40. The Labute approximate surface area is 354 Å². The smallest absolute Gasteiger partial charge is 0.338 e. The van der Waals surface area contributed by atoms with Crippen LogP contribution in [0.5, 0.6) is 0 Å². The molecule has 2 fully saturated rings. The highest BCUT2D eigenvalue weighted by atomic mass is 16.8. The number of carbonyl (C=O) groups is 2. The second kappa shape index (κ2) is 22.0. The molecule has 13 heteroatoms. The number of aliphatic hydroxyl groups excluding tert-OH is 2. The molecule has 0 aliphatic carbocycles. The third-order valence-corrected chi connectivity index (χ3v) is 10.4. The summed E-state index contributed by atoms with van der Waals surface area (Å²) >= 11 is 0. The number of hydrogen-bond acceptors (Lipinski definition) is 13.